The molecule has 0 aromatic carbocycles. The molecule has 0 saturated carbocycles. The van der Waals surface area contributed by atoms with E-state index in [9.17, 15) is 31.1 Å². The Balaban J connectivity index is 3.09. The second kappa shape index (κ2) is 4.94. The van der Waals surface area contributed by atoms with Gasteiger partial charge in [0.2, 0.25) is 5.88 Å². The van der Waals surface area contributed by atoms with Crippen LogP contribution in [0.1, 0.15) is 16.1 Å². The van der Waals surface area contributed by atoms with E-state index in [1.54, 1.807) is 0 Å². The van der Waals surface area contributed by atoms with Gasteiger partial charge in [0.15, 0.2) is 12.3 Å². The van der Waals surface area contributed by atoms with Crippen molar-refractivity contribution in [3.8, 4) is 5.88 Å². The SMILES string of the molecule is NC(=O)c1ccc(OCC(F)(F)F)nc1C(F)(F)F. The Kier molecular flexibility index (Phi) is 3.91. The topological polar surface area (TPSA) is 65.2 Å². The number of ether oxygens (including phenoxy) is 1. The molecule has 1 amide bonds. The van der Waals surface area contributed by atoms with Crippen LogP contribution >= 0.6 is 0 Å². The third-order valence-corrected chi connectivity index (χ3v) is 1.79. The number of carbonyl (C=O) groups is 1. The lowest BCUT2D eigenvalue weighted by Gasteiger charge is -2.12. The highest BCUT2D eigenvalue weighted by atomic mass is 19.4. The standard InChI is InChI=1S/C9H6F6N2O2/c10-8(11,12)3-19-5-2-1-4(7(16)18)6(17-5)9(13,14)15/h1-2H,3H2,(H2,16,18). The van der Waals surface area contributed by atoms with Gasteiger partial charge in [0, 0.05) is 6.07 Å². The molecule has 106 valence electrons. The lowest BCUT2D eigenvalue weighted by molar-refractivity contribution is -0.154. The van der Waals surface area contributed by atoms with Crippen LogP contribution in [0.15, 0.2) is 12.1 Å². The molecule has 2 N–H and O–H groups in total. The van der Waals surface area contributed by atoms with Gasteiger partial charge in [-0.05, 0) is 6.07 Å². The van der Waals surface area contributed by atoms with Crippen molar-refractivity contribution in [3.05, 3.63) is 23.4 Å². The number of hydrogen-bond acceptors (Lipinski definition) is 3. The molecule has 0 aliphatic carbocycles. The summed E-state index contributed by atoms with van der Waals surface area (Å²) >= 11 is 0. The Morgan fingerprint density at radius 2 is 1.79 bits per heavy atom. The number of pyridine rings is 1. The Labute approximate surface area is 102 Å². The molecule has 19 heavy (non-hydrogen) atoms. The van der Waals surface area contributed by atoms with E-state index in [-0.39, 0.29) is 0 Å². The number of halogens is 6. The molecule has 1 heterocycles. The van der Waals surface area contributed by atoms with Crippen LogP contribution < -0.4 is 10.5 Å². The Morgan fingerprint density at radius 1 is 1.21 bits per heavy atom. The molecule has 0 spiro atoms. The zero-order chi connectivity index (χ0) is 14.8. The molecule has 0 bridgehead atoms. The number of primary amides is 1. The van der Waals surface area contributed by atoms with Crippen molar-refractivity contribution in [2.24, 2.45) is 5.73 Å². The summed E-state index contributed by atoms with van der Waals surface area (Å²) in [7, 11) is 0. The first-order valence-corrected chi connectivity index (χ1v) is 4.58. The summed E-state index contributed by atoms with van der Waals surface area (Å²) in [6.45, 7) is -1.80. The van der Waals surface area contributed by atoms with E-state index in [2.05, 4.69) is 9.72 Å². The van der Waals surface area contributed by atoms with Gasteiger partial charge in [-0.25, -0.2) is 4.98 Å². The van der Waals surface area contributed by atoms with Crippen molar-refractivity contribution >= 4 is 5.91 Å². The molecule has 0 unspecified atom stereocenters. The van der Waals surface area contributed by atoms with Crippen LogP contribution in [0.5, 0.6) is 5.88 Å². The number of hydrogen-bond donors (Lipinski definition) is 1. The molecule has 0 aliphatic rings. The van der Waals surface area contributed by atoms with E-state index < -0.39 is 42.0 Å². The Morgan fingerprint density at radius 3 is 2.21 bits per heavy atom. The maximum Gasteiger partial charge on any atom is 0.434 e. The highest BCUT2D eigenvalue weighted by molar-refractivity contribution is 5.94. The normalized spacial score (nSPS) is 12.3. The summed E-state index contributed by atoms with van der Waals surface area (Å²) in [5, 5.41) is 0. The van der Waals surface area contributed by atoms with Gasteiger partial charge in [0.05, 0.1) is 5.56 Å². The maximum atomic E-state index is 12.5. The molecular formula is C9H6F6N2O2. The Bertz CT molecular complexity index is 483. The molecule has 0 radical (unpaired) electrons. The third kappa shape index (κ3) is 4.30. The van der Waals surface area contributed by atoms with Crippen LogP contribution in [-0.4, -0.2) is 23.7 Å². The molecule has 0 fully saturated rings. The van der Waals surface area contributed by atoms with Gasteiger partial charge >= 0.3 is 12.4 Å². The fourth-order valence-electron chi connectivity index (χ4n) is 1.09. The highest BCUT2D eigenvalue weighted by Gasteiger charge is 2.37. The van der Waals surface area contributed by atoms with Gasteiger partial charge in [-0.1, -0.05) is 0 Å². The molecule has 0 aliphatic heterocycles. The van der Waals surface area contributed by atoms with Crippen molar-refractivity contribution in [3.63, 3.8) is 0 Å². The number of aromatic nitrogens is 1. The molecule has 1 rings (SSSR count). The van der Waals surface area contributed by atoms with E-state index in [1.807, 2.05) is 0 Å². The number of rotatable bonds is 3. The lowest BCUT2D eigenvalue weighted by atomic mass is 10.2. The zero-order valence-corrected chi connectivity index (χ0v) is 8.97. The van der Waals surface area contributed by atoms with E-state index in [0.717, 1.165) is 0 Å². The van der Waals surface area contributed by atoms with Crippen molar-refractivity contribution in [1.82, 2.24) is 4.98 Å². The summed E-state index contributed by atoms with van der Waals surface area (Å²) in [6, 6.07) is 1.30. The second-order valence-electron chi connectivity index (χ2n) is 3.31. The van der Waals surface area contributed by atoms with Crippen LogP contribution in [0.2, 0.25) is 0 Å². The highest BCUT2D eigenvalue weighted by Crippen LogP contribution is 2.32. The van der Waals surface area contributed by atoms with Crippen molar-refractivity contribution < 1.29 is 35.9 Å². The third-order valence-electron chi connectivity index (χ3n) is 1.79. The summed E-state index contributed by atoms with van der Waals surface area (Å²) in [4.78, 5) is 13.6. The first kappa shape index (κ1) is 15.1. The van der Waals surface area contributed by atoms with Crippen LogP contribution in [0.25, 0.3) is 0 Å². The maximum absolute atomic E-state index is 12.5. The molecule has 4 nitrogen and oxygen atoms in total. The van der Waals surface area contributed by atoms with E-state index in [1.165, 1.54) is 0 Å². The summed E-state index contributed by atoms with van der Waals surface area (Å²) in [6.07, 6.45) is -9.76. The monoisotopic (exact) mass is 288 g/mol. The van der Waals surface area contributed by atoms with Crippen LogP contribution in [0.4, 0.5) is 26.3 Å². The molecule has 1 aromatic rings. The van der Waals surface area contributed by atoms with Gasteiger partial charge in [0.25, 0.3) is 5.91 Å². The summed E-state index contributed by atoms with van der Waals surface area (Å²) < 4.78 is 77.1. The van der Waals surface area contributed by atoms with Crippen LogP contribution in [0.3, 0.4) is 0 Å². The van der Waals surface area contributed by atoms with Gasteiger partial charge in [0.1, 0.15) is 0 Å². The minimum absolute atomic E-state index is 0.601. The lowest BCUT2D eigenvalue weighted by Crippen LogP contribution is -2.23. The minimum Gasteiger partial charge on any atom is -0.468 e. The van der Waals surface area contributed by atoms with Gasteiger partial charge in [-0.3, -0.25) is 4.79 Å². The van der Waals surface area contributed by atoms with Gasteiger partial charge in [-0.15, -0.1) is 0 Å². The number of carbonyl (C=O) groups excluding carboxylic acids is 1. The average molecular weight is 288 g/mol. The molecule has 1 aromatic heterocycles. The van der Waals surface area contributed by atoms with Crippen molar-refractivity contribution in [1.29, 1.82) is 0 Å². The number of amides is 1. The van der Waals surface area contributed by atoms with E-state index >= 15 is 0 Å². The zero-order valence-electron chi connectivity index (χ0n) is 8.97. The first-order chi connectivity index (χ1) is 8.50. The number of nitrogens with zero attached hydrogens (tertiary/aromatic N) is 1. The first-order valence-electron chi connectivity index (χ1n) is 4.58. The molecular weight excluding hydrogens is 282 g/mol. The minimum atomic E-state index is -5.04. The second-order valence-corrected chi connectivity index (χ2v) is 3.31. The van der Waals surface area contributed by atoms with Crippen molar-refractivity contribution in [2.45, 2.75) is 12.4 Å². The fourth-order valence-corrected chi connectivity index (χ4v) is 1.09. The number of alkyl halides is 6. The fraction of sp³-hybridized carbons (Fsp3) is 0.333. The van der Waals surface area contributed by atoms with E-state index in [4.69, 9.17) is 5.73 Å². The summed E-state index contributed by atoms with van der Waals surface area (Å²) in [5.41, 5.74) is 2.06. The van der Waals surface area contributed by atoms with Crippen LogP contribution in [-0.2, 0) is 6.18 Å². The molecule has 0 saturated heterocycles. The molecule has 10 heteroatoms. The number of nitrogens with two attached hydrogens (primary N) is 1. The largest absolute Gasteiger partial charge is 0.468 e. The van der Waals surface area contributed by atoms with Gasteiger partial charge < -0.3 is 10.5 Å². The van der Waals surface area contributed by atoms with E-state index in [0.29, 0.717) is 12.1 Å². The quantitative estimate of drug-likeness (QED) is 0.867. The van der Waals surface area contributed by atoms with Crippen molar-refractivity contribution in [2.75, 3.05) is 6.61 Å². The molecule has 0 atom stereocenters. The average Bonchev–Trinajstić information content (AvgIpc) is 2.23. The Hall–Kier alpha value is -2.00. The van der Waals surface area contributed by atoms with Gasteiger partial charge in [-0.2, -0.15) is 26.3 Å². The smallest absolute Gasteiger partial charge is 0.434 e. The predicted octanol–water partition coefficient (Wildman–Crippen LogP) is 2.14. The predicted molar refractivity (Wildman–Crippen MR) is 49.3 cm³/mol. The summed E-state index contributed by atoms with van der Waals surface area (Å²) in [5.74, 6) is -2.31. The van der Waals surface area contributed by atoms with Crippen LogP contribution in [0, 0.1) is 0 Å².